The Kier molecular flexibility index (Phi) is 2.46. The van der Waals surface area contributed by atoms with E-state index in [1.807, 2.05) is 0 Å². The van der Waals surface area contributed by atoms with Gasteiger partial charge < -0.3 is 16.0 Å². The maximum Gasteiger partial charge on any atom is 0.332 e. The summed E-state index contributed by atoms with van der Waals surface area (Å²) in [6.07, 6.45) is 0. The Bertz CT molecular complexity index is 724. The number of imidazole rings is 1. The van der Waals surface area contributed by atoms with E-state index in [1.165, 1.54) is 18.7 Å². The van der Waals surface area contributed by atoms with E-state index in [1.54, 1.807) is 0 Å². The number of hydrogen-bond acceptors (Lipinski definition) is 4. The summed E-state index contributed by atoms with van der Waals surface area (Å²) in [4.78, 5) is 30.2. The number of nitrogens with two attached hydrogens (primary N) is 1. The Morgan fingerprint density at radius 2 is 2.06 bits per heavy atom. The molecule has 4 N–H and O–H groups in total. The molecular weight excluding hydrogens is 244 g/mol. The zero-order valence-electron chi connectivity index (χ0n) is 9.14. The molecule has 0 aliphatic carbocycles. The van der Waals surface area contributed by atoms with Gasteiger partial charge in [-0.25, -0.2) is 4.79 Å². The van der Waals surface area contributed by atoms with Gasteiger partial charge in [-0.2, -0.15) is 4.98 Å². The molecule has 0 aliphatic rings. The van der Waals surface area contributed by atoms with Crippen LogP contribution in [0.3, 0.4) is 0 Å². The Balaban J connectivity index is 2.82. The maximum absolute atomic E-state index is 11.8. The monoisotopic (exact) mass is 254 g/mol. The number of H-pyrrole nitrogens is 1. The third-order valence-corrected chi connectivity index (χ3v) is 2.44. The zero-order chi connectivity index (χ0) is 12.7. The van der Waals surface area contributed by atoms with Crippen LogP contribution in [0.2, 0.25) is 0 Å². The first-order valence-corrected chi connectivity index (χ1v) is 5.05. The summed E-state index contributed by atoms with van der Waals surface area (Å²) in [6.45, 7) is 0. The summed E-state index contributed by atoms with van der Waals surface area (Å²) < 4.78 is 2.25. The number of rotatable bonds is 1. The van der Waals surface area contributed by atoms with E-state index >= 15 is 0 Å². The van der Waals surface area contributed by atoms with Crippen molar-refractivity contribution in [1.29, 1.82) is 0 Å². The number of nitrogens with zero attached hydrogens (tertiary/aromatic N) is 3. The van der Waals surface area contributed by atoms with Crippen LogP contribution >= 0.6 is 12.2 Å². The molecule has 0 amide bonds. The number of aryl methyl sites for hydroxylation is 1. The molecule has 8 nitrogen and oxygen atoms in total. The molecule has 0 aromatic carbocycles. The van der Waals surface area contributed by atoms with Crippen LogP contribution in [0, 0.1) is 0 Å². The zero-order valence-corrected chi connectivity index (χ0v) is 9.96. The van der Waals surface area contributed by atoms with E-state index in [2.05, 4.69) is 27.5 Å². The lowest BCUT2D eigenvalue weighted by atomic mass is 10.5. The second-order valence-electron chi connectivity index (χ2n) is 3.48. The number of fused-ring (bicyclic) bond motifs is 1. The predicted molar refractivity (Wildman–Crippen MR) is 67.0 cm³/mol. The lowest BCUT2D eigenvalue weighted by molar-refractivity contribution is 0.709. The van der Waals surface area contributed by atoms with Gasteiger partial charge >= 0.3 is 5.69 Å². The van der Waals surface area contributed by atoms with Gasteiger partial charge in [-0.1, -0.05) is 0 Å². The average molecular weight is 254 g/mol. The highest BCUT2D eigenvalue weighted by molar-refractivity contribution is 7.80. The molecule has 0 fully saturated rings. The van der Waals surface area contributed by atoms with Crippen molar-refractivity contribution in [2.24, 2.45) is 19.8 Å². The third kappa shape index (κ3) is 1.69. The molecule has 0 saturated heterocycles. The van der Waals surface area contributed by atoms with Crippen LogP contribution in [0.5, 0.6) is 0 Å². The van der Waals surface area contributed by atoms with Crippen LogP contribution in [-0.4, -0.2) is 24.2 Å². The Labute approximate surface area is 100 Å². The van der Waals surface area contributed by atoms with Crippen molar-refractivity contribution < 1.29 is 0 Å². The fraction of sp³-hybridized carbons (Fsp3) is 0.250. The summed E-state index contributed by atoms with van der Waals surface area (Å²) in [5.74, 6) is 0.228. The topological polar surface area (TPSA) is 111 Å². The first kappa shape index (κ1) is 11.3. The fourth-order valence-corrected chi connectivity index (χ4v) is 1.60. The minimum atomic E-state index is -0.452. The molecular formula is C8H10N6O2S. The van der Waals surface area contributed by atoms with Crippen LogP contribution < -0.4 is 22.3 Å². The van der Waals surface area contributed by atoms with Crippen molar-refractivity contribution in [2.45, 2.75) is 0 Å². The van der Waals surface area contributed by atoms with Gasteiger partial charge in [-0.05, 0) is 12.2 Å². The molecule has 9 heteroatoms. The van der Waals surface area contributed by atoms with Gasteiger partial charge in [0.15, 0.2) is 16.3 Å². The van der Waals surface area contributed by atoms with Crippen LogP contribution in [0.15, 0.2) is 9.59 Å². The summed E-state index contributed by atoms with van der Waals surface area (Å²) in [5, 5.41) is 2.59. The molecule has 0 spiro atoms. The van der Waals surface area contributed by atoms with Gasteiger partial charge in [0.05, 0.1) is 0 Å². The van der Waals surface area contributed by atoms with E-state index in [0.29, 0.717) is 0 Å². The first-order valence-electron chi connectivity index (χ1n) is 4.64. The van der Waals surface area contributed by atoms with Crippen molar-refractivity contribution in [3.05, 3.63) is 20.8 Å². The van der Waals surface area contributed by atoms with E-state index in [9.17, 15) is 9.59 Å². The Hall–Kier alpha value is -2.16. The van der Waals surface area contributed by atoms with Gasteiger partial charge in [-0.3, -0.25) is 13.9 Å². The molecule has 2 rings (SSSR count). The van der Waals surface area contributed by atoms with Crippen molar-refractivity contribution in [3.63, 3.8) is 0 Å². The molecule has 0 radical (unpaired) electrons. The van der Waals surface area contributed by atoms with Crippen LogP contribution in [0.4, 0.5) is 5.95 Å². The smallest absolute Gasteiger partial charge is 0.332 e. The summed E-state index contributed by atoms with van der Waals surface area (Å²) >= 11 is 4.65. The van der Waals surface area contributed by atoms with Gasteiger partial charge in [0.25, 0.3) is 5.56 Å². The number of nitrogens with one attached hydrogen (secondary N) is 2. The third-order valence-electron chi connectivity index (χ3n) is 2.34. The summed E-state index contributed by atoms with van der Waals surface area (Å²) in [6, 6.07) is 0. The highest BCUT2D eigenvalue weighted by atomic mass is 32.1. The average Bonchev–Trinajstić information content (AvgIpc) is 2.66. The largest absolute Gasteiger partial charge is 0.376 e. The molecule has 2 aromatic heterocycles. The van der Waals surface area contributed by atoms with Crippen molar-refractivity contribution >= 4 is 34.4 Å². The number of aromatic amines is 1. The molecule has 0 bridgehead atoms. The Morgan fingerprint density at radius 3 is 2.65 bits per heavy atom. The molecule has 90 valence electrons. The first-order chi connectivity index (χ1) is 7.91. The van der Waals surface area contributed by atoms with Crippen molar-refractivity contribution in [1.82, 2.24) is 19.1 Å². The molecule has 0 unspecified atom stereocenters. The SMILES string of the molecule is Cn1c(=O)c2[nH]c(NC(N)=S)nc2n(C)c1=O. The lowest BCUT2D eigenvalue weighted by Gasteiger charge is -2.00. The second-order valence-corrected chi connectivity index (χ2v) is 3.92. The highest BCUT2D eigenvalue weighted by Crippen LogP contribution is 2.07. The summed E-state index contributed by atoms with van der Waals surface area (Å²) in [7, 11) is 2.92. The number of aromatic nitrogens is 4. The van der Waals surface area contributed by atoms with E-state index in [4.69, 9.17) is 5.73 Å². The van der Waals surface area contributed by atoms with Gasteiger partial charge in [0, 0.05) is 14.1 Å². The molecule has 2 aromatic rings. The van der Waals surface area contributed by atoms with E-state index < -0.39 is 11.2 Å². The summed E-state index contributed by atoms with van der Waals surface area (Å²) in [5.41, 5.74) is 4.85. The minimum absolute atomic E-state index is 0.0193. The molecule has 2 heterocycles. The fourth-order valence-electron chi connectivity index (χ4n) is 1.50. The van der Waals surface area contributed by atoms with Crippen LogP contribution in [0.1, 0.15) is 0 Å². The standard InChI is InChI=1S/C8H10N6O2S/c1-13-4-3(5(15)14(2)8(13)16)10-7(11-4)12-6(9)17/h1-2H3,(H4,9,10,11,12,17). The number of anilines is 1. The van der Waals surface area contributed by atoms with Crippen molar-refractivity contribution in [2.75, 3.05) is 5.32 Å². The minimum Gasteiger partial charge on any atom is -0.376 e. The van der Waals surface area contributed by atoms with Crippen LogP contribution in [-0.2, 0) is 14.1 Å². The van der Waals surface area contributed by atoms with Gasteiger partial charge in [-0.15, -0.1) is 0 Å². The highest BCUT2D eigenvalue weighted by Gasteiger charge is 2.13. The maximum atomic E-state index is 11.8. The van der Waals surface area contributed by atoms with Crippen LogP contribution in [0.25, 0.3) is 11.2 Å². The van der Waals surface area contributed by atoms with E-state index in [-0.39, 0.29) is 22.2 Å². The van der Waals surface area contributed by atoms with Gasteiger partial charge in [0.1, 0.15) is 0 Å². The second kappa shape index (κ2) is 3.70. The van der Waals surface area contributed by atoms with Gasteiger partial charge in [0.2, 0.25) is 5.95 Å². The normalized spacial score (nSPS) is 10.7. The number of thiocarbonyl (C=S) groups is 1. The number of hydrogen-bond donors (Lipinski definition) is 3. The predicted octanol–water partition coefficient (Wildman–Crippen LogP) is -1.38. The Morgan fingerprint density at radius 1 is 1.41 bits per heavy atom. The molecule has 0 atom stereocenters. The molecule has 0 saturated carbocycles. The van der Waals surface area contributed by atoms with E-state index in [0.717, 1.165) is 4.57 Å². The quantitative estimate of drug-likeness (QED) is 0.541. The lowest BCUT2D eigenvalue weighted by Crippen LogP contribution is -2.36. The van der Waals surface area contributed by atoms with Crippen molar-refractivity contribution in [3.8, 4) is 0 Å². The molecule has 0 aliphatic heterocycles. The molecule has 17 heavy (non-hydrogen) atoms.